The highest BCUT2D eigenvalue weighted by molar-refractivity contribution is 7.53. The maximum absolute atomic E-state index is 13.9. The molecular formula is C26H55O3P. The second-order valence-electron chi connectivity index (χ2n) is 12.9. The van der Waals surface area contributed by atoms with Crippen molar-refractivity contribution in [2.24, 2.45) is 27.6 Å². The summed E-state index contributed by atoms with van der Waals surface area (Å²) >= 11 is 0. The van der Waals surface area contributed by atoms with Crippen LogP contribution in [0.4, 0.5) is 0 Å². The Bertz CT molecular complexity index is 536. The predicted octanol–water partition coefficient (Wildman–Crippen LogP) is 8.82. The van der Waals surface area contributed by atoms with Crippen LogP contribution in [-0.2, 0) is 4.57 Å². The number of hydrogen-bond donors (Lipinski definition) is 2. The molecule has 0 spiro atoms. The SMILES string of the molecule is CCCCC(CC)C(C(C)(CC)CC(C)(C)C)(C(C)(CC)CC(C)(C)C)P(=O)(O)O. The van der Waals surface area contributed by atoms with Crippen LogP contribution in [0.1, 0.15) is 134 Å². The molecule has 0 fully saturated rings. The molecule has 0 aliphatic rings. The van der Waals surface area contributed by atoms with Crippen molar-refractivity contribution in [3.63, 3.8) is 0 Å². The van der Waals surface area contributed by atoms with Gasteiger partial charge in [0.2, 0.25) is 0 Å². The van der Waals surface area contributed by atoms with Crippen LogP contribution < -0.4 is 0 Å². The van der Waals surface area contributed by atoms with E-state index in [1.165, 1.54) is 0 Å². The van der Waals surface area contributed by atoms with Crippen molar-refractivity contribution in [2.45, 2.75) is 140 Å². The van der Waals surface area contributed by atoms with Crippen LogP contribution in [0.3, 0.4) is 0 Å². The third-order valence-electron chi connectivity index (χ3n) is 7.69. The zero-order valence-corrected chi connectivity index (χ0v) is 23.4. The lowest BCUT2D eigenvalue weighted by Gasteiger charge is -2.63. The van der Waals surface area contributed by atoms with Gasteiger partial charge in [-0.15, -0.1) is 0 Å². The van der Waals surface area contributed by atoms with Crippen molar-refractivity contribution in [3.8, 4) is 0 Å². The monoisotopic (exact) mass is 446 g/mol. The first-order valence-corrected chi connectivity index (χ1v) is 14.0. The Morgan fingerprint density at radius 2 is 1.10 bits per heavy atom. The summed E-state index contributed by atoms with van der Waals surface area (Å²) in [6.45, 7) is 26.3. The molecule has 0 saturated heterocycles. The van der Waals surface area contributed by atoms with E-state index >= 15 is 0 Å². The average molecular weight is 447 g/mol. The van der Waals surface area contributed by atoms with Crippen molar-refractivity contribution < 1.29 is 14.4 Å². The van der Waals surface area contributed by atoms with Gasteiger partial charge in [-0.1, -0.05) is 102 Å². The van der Waals surface area contributed by atoms with Crippen LogP contribution in [0.5, 0.6) is 0 Å². The maximum Gasteiger partial charge on any atom is 0.333 e. The molecule has 182 valence electrons. The molecule has 0 heterocycles. The van der Waals surface area contributed by atoms with Gasteiger partial charge in [0.05, 0.1) is 5.16 Å². The van der Waals surface area contributed by atoms with Crippen LogP contribution in [0.25, 0.3) is 0 Å². The molecule has 0 radical (unpaired) electrons. The third-order valence-corrected chi connectivity index (χ3v) is 10.1. The molecule has 0 aliphatic carbocycles. The molecule has 0 aromatic heterocycles. The predicted molar refractivity (Wildman–Crippen MR) is 133 cm³/mol. The smallest absolute Gasteiger partial charge is 0.324 e. The van der Waals surface area contributed by atoms with Gasteiger partial charge in [-0.05, 0) is 59.7 Å². The molecule has 0 aromatic carbocycles. The molecule has 3 nitrogen and oxygen atoms in total. The first-order chi connectivity index (χ1) is 13.3. The minimum absolute atomic E-state index is 0.00196. The lowest BCUT2D eigenvalue weighted by Crippen LogP contribution is -2.62. The molecule has 4 heteroatoms. The van der Waals surface area contributed by atoms with E-state index in [9.17, 15) is 14.4 Å². The van der Waals surface area contributed by atoms with E-state index in [1.807, 2.05) is 0 Å². The highest BCUT2D eigenvalue weighted by Crippen LogP contribution is 2.75. The zero-order valence-electron chi connectivity index (χ0n) is 22.5. The molecule has 30 heavy (non-hydrogen) atoms. The topological polar surface area (TPSA) is 57.5 Å². The molecular weight excluding hydrogens is 391 g/mol. The summed E-state index contributed by atoms with van der Waals surface area (Å²) in [5.41, 5.74) is -0.946. The highest BCUT2D eigenvalue weighted by Gasteiger charge is 2.69. The van der Waals surface area contributed by atoms with Gasteiger partial charge in [-0.25, -0.2) is 0 Å². The van der Waals surface area contributed by atoms with E-state index in [4.69, 9.17) is 0 Å². The number of rotatable bonds is 12. The lowest BCUT2D eigenvalue weighted by molar-refractivity contribution is -0.0458. The summed E-state index contributed by atoms with van der Waals surface area (Å²) in [7, 11) is -4.47. The van der Waals surface area contributed by atoms with Crippen LogP contribution in [0, 0.1) is 27.6 Å². The lowest BCUT2D eigenvalue weighted by atomic mass is 9.49. The van der Waals surface area contributed by atoms with Gasteiger partial charge in [0, 0.05) is 0 Å². The van der Waals surface area contributed by atoms with Crippen molar-refractivity contribution in [3.05, 3.63) is 0 Å². The summed E-state index contributed by atoms with van der Waals surface area (Å²) < 4.78 is 13.9. The van der Waals surface area contributed by atoms with Crippen molar-refractivity contribution in [1.82, 2.24) is 0 Å². The Hall–Kier alpha value is 0.150. The standard InChI is InChI=1S/C26H55O3P/c1-13-17-18-21(14-2)26(30(27,28)29,24(11,15-3)19-22(5,6)7)25(12,16-4)20-23(8,9)10/h21H,13-20H2,1-12H3,(H2,27,28,29). The minimum atomic E-state index is -4.47. The van der Waals surface area contributed by atoms with Crippen LogP contribution >= 0.6 is 7.60 Å². The Labute approximate surface area is 189 Å². The minimum Gasteiger partial charge on any atom is -0.324 e. The molecule has 0 saturated carbocycles. The molecule has 3 unspecified atom stereocenters. The fourth-order valence-electron chi connectivity index (χ4n) is 7.21. The Morgan fingerprint density at radius 3 is 1.30 bits per heavy atom. The second kappa shape index (κ2) is 10.4. The van der Waals surface area contributed by atoms with Crippen LogP contribution in [0.15, 0.2) is 0 Å². The van der Waals surface area contributed by atoms with E-state index in [2.05, 4.69) is 83.1 Å². The van der Waals surface area contributed by atoms with E-state index in [-0.39, 0.29) is 16.7 Å². The average Bonchev–Trinajstić information content (AvgIpc) is 2.53. The van der Waals surface area contributed by atoms with Crippen molar-refractivity contribution >= 4 is 7.60 Å². The van der Waals surface area contributed by atoms with Gasteiger partial charge in [0.25, 0.3) is 0 Å². The van der Waals surface area contributed by atoms with Gasteiger partial charge in [0.15, 0.2) is 0 Å². The zero-order chi connectivity index (χ0) is 24.2. The van der Waals surface area contributed by atoms with E-state index in [0.29, 0.717) is 0 Å². The summed E-state index contributed by atoms with van der Waals surface area (Å²) in [6, 6.07) is 0. The van der Waals surface area contributed by atoms with Crippen LogP contribution in [0.2, 0.25) is 0 Å². The Kier molecular flexibility index (Phi) is 10.4. The summed E-state index contributed by atoms with van der Waals surface area (Å²) in [4.78, 5) is 22.7. The highest BCUT2D eigenvalue weighted by atomic mass is 31.2. The molecule has 0 bridgehead atoms. The van der Waals surface area contributed by atoms with E-state index in [0.717, 1.165) is 51.4 Å². The molecule has 2 N–H and O–H groups in total. The fourth-order valence-corrected chi connectivity index (χ4v) is 9.88. The fraction of sp³-hybridized carbons (Fsp3) is 1.00. The molecule has 0 rings (SSSR count). The third kappa shape index (κ3) is 6.35. The van der Waals surface area contributed by atoms with Gasteiger partial charge in [-0.2, -0.15) is 0 Å². The van der Waals surface area contributed by atoms with Gasteiger partial charge < -0.3 is 9.79 Å². The Balaban J connectivity index is 7.43. The quantitative estimate of drug-likeness (QED) is 0.294. The summed E-state index contributed by atoms with van der Waals surface area (Å²) in [5, 5.41) is -1.05. The molecule has 0 aromatic rings. The van der Waals surface area contributed by atoms with Gasteiger partial charge in [-0.3, -0.25) is 4.57 Å². The maximum atomic E-state index is 13.9. The normalized spacial score (nSPS) is 20.9. The van der Waals surface area contributed by atoms with E-state index < -0.39 is 23.6 Å². The Morgan fingerprint density at radius 1 is 0.733 bits per heavy atom. The second-order valence-corrected chi connectivity index (χ2v) is 14.7. The summed E-state index contributed by atoms with van der Waals surface area (Å²) in [5.74, 6) is -0.00196. The molecule has 0 aliphatic heterocycles. The van der Waals surface area contributed by atoms with Crippen molar-refractivity contribution in [1.29, 1.82) is 0 Å². The first kappa shape index (κ1) is 30.1. The first-order valence-electron chi connectivity index (χ1n) is 12.4. The molecule has 0 amide bonds. The van der Waals surface area contributed by atoms with Gasteiger partial charge >= 0.3 is 7.60 Å². The largest absolute Gasteiger partial charge is 0.333 e. The summed E-state index contributed by atoms with van der Waals surface area (Å²) in [6.07, 6.45) is 6.94. The van der Waals surface area contributed by atoms with Crippen molar-refractivity contribution in [2.75, 3.05) is 0 Å². The molecule has 3 atom stereocenters. The van der Waals surface area contributed by atoms with Gasteiger partial charge in [0.1, 0.15) is 0 Å². The van der Waals surface area contributed by atoms with Crippen LogP contribution in [-0.4, -0.2) is 14.9 Å². The number of hydrogen-bond acceptors (Lipinski definition) is 1. The number of unbranched alkanes of at least 4 members (excludes halogenated alkanes) is 1. The van der Waals surface area contributed by atoms with E-state index in [1.54, 1.807) is 0 Å².